The summed E-state index contributed by atoms with van der Waals surface area (Å²) in [6.07, 6.45) is 8.56. The Hall–Kier alpha value is -2.30. The fraction of sp³-hybridized carbons (Fsp3) is 0.474. The topological polar surface area (TPSA) is 65.5 Å². The summed E-state index contributed by atoms with van der Waals surface area (Å²) in [5.41, 5.74) is 2.24. The first kappa shape index (κ1) is 18.0. The molecule has 0 aliphatic heterocycles. The number of amides is 1. The van der Waals surface area contributed by atoms with Gasteiger partial charge in [-0.05, 0) is 44.2 Å². The summed E-state index contributed by atoms with van der Waals surface area (Å²) in [6.45, 7) is 2.09. The molecule has 0 saturated heterocycles. The highest BCUT2D eigenvalue weighted by Crippen LogP contribution is 2.19. The predicted octanol–water partition coefficient (Wildman–Crippen LogP) is 2.47. The van der Waals surface area contributed by atoms with Gasteiger partial charge in [-0.1, -0.05) is 29.8 Å². The summed E-state index contributed by atoms with van der Waals surface area (Å²) in [4.78, 5) is 16.1. The van der Waals surface area contributed by atoms with Crippen molar-refractivity contribution in [1.82, 2.24) is 16.0 Å². The number of nitrogens with zero attached hydrogens (tertiary/aromatic N) is 1. The number of allylic oxidation sites excluding steroid dienone is 1. The van der Waals surface area contributed by atoms with Gasteiger partial charge in [0.15, 0.2) is 5.96 Å². The van der Waals surface area contributed by atoms with Crippen molar-refractivity contribution in [3.63, 3.8) is 0 Å². The summed E-state index contributed by atoms with van der Waals surface area (Å²) >= 11 is 0. The molecule has 0 aromatic heterocycles. The number of benzene rings is 1. The van der Waals surface area contributed by atoms with Crippen LogP contribution < -0.4 is 16.0 Å². The van der Waals surface area contributed by atoms with E-state index in [9.17, 15) is 4.79 Å². The van der Waals surface area contributed by atoms with Gasteiger partial charge in [0, 0.05) is 32.2 Å². The number of carbonyl (C=O) groups excluding carboxylic acids is 1. The minimum absolute atomic E-state index is 0.0513. The zero-order valence-electron chi connectivity index (χ0n) is 14.5. The largest absolute Gasteiger partial charge is 0.356 e. The van der Waals surface area contributed by atoms with Crippen LogP contribution in [0.5, 0.6) is 0 Å². The molecule has 0 atom stereocenters. The molecule has 0 radical (unpaired) electrons. The number of nitrogens with one attached hydrogen (secondary N) is 3. The van der Waals surface area contributed by atoms with Gasteiger partial charge in [-0.15, -0.1) is 0 Å². The van der Waals surface area contributed by atoms with E-state index in [-0.39, 0.29) is 5.91 Å². The number of rotatable bonds is 7. The Morgan fingerprint density at radius 2 is 1.79 bits per heavy atom. The van der Waals surface area contributed by atoms with Crippen molar-refractivity contribution in [3.8, 4) is 0 Å². The molecule has 1 amide bonds. The fourth-order valence-corrected chi connectivity index (χ4v) is 2.74. The van der Waals surface area contributed by atoms with Crippen molar-refractivity contribution in [2.45, 2.75) is 32.1 Å². The maximum atomic E-state index is 11.9. The third-order valence-electron chi connectivity index (χ3n) is 4.09. The molecule has 130 valence electrons. The highest BCUT2D eigenvalue weighted by Gasteiger charge is 2.05. The van der Waals surface area contributed by atoms with E-state index < -0.39 is 0 Å². The lowest BCUT2D eigenvalue weighted by molar-refractivity contribution is 0.0954. The van der Waals surface area contributed by atoms with Crippen LogP contribution in [0.15, 0.2) is 47.0 Å². The summed E-state index contributed by atoms with van der Waals surface area (Å²) in [5.74, 6) is 0.727. The van der Waals surface area contributed by atoms with E-state index in [1.54, 1.807) is 12.6 Å². The van der Waals surface area contributed by atoms with Crippen LogP contribution in [0.25, 0.3) is 0 Å². The highest BCUT2D eigenvalue weighted by atomic mass is 16.1. The average molecular weight is 328 g/mol. The van der Waals surface area contributed by atoms with Crippen LogP contribution >= 0.6 is 0 Å². The second kappa shape index (κ2) is 10.5. The summed E-state index contributed by atoms with van der Waals surface area (Å²) in [6, 6.07) is 9.24. The second-order valence-electron chi connectivity index (χ2n) is 5.91. The zero-order chi connectivity index (χ0) is 17.0. The lowest BCUT2D eigenvalue weighted by atomic mass is 9.97. The van der Waals surface area contributed by atoms with Crippen LogP contribution in [0.3, 0.4) is 0 Å². The molecular weight excluding hydrogens is 300 g/mol. The van der Waals surface area contributed by atoms with Crippen molar-refractivity contribution in [2.75, 3.05) is 26.7 Å². The second-order valence-corrected chi connectivity index (χ2v) is 5.91. The Morgan fingerprint density at radius 3 is 2.50 bits per heavy atom. The quantitative estimate of drug-likeness (QED) is 0.312. The van der Waals surface area contributed by atoms with Crippen molar-refractivity contribution in [3.05, 3.63) is 47.5 Å². The first-order chi connectivity index (χ1) is 11.8. The van der Waals surface area contributed by atoms with E-state index >= 15 is 0 Å². The number of hydrogen-bond acceptors (Lipinski definition) is 2. The Balaban J connectivity index is 1.59. The van der Waals surface area contributed by atoms with E-state index in [0.717, 1.165) is 18.9 Å². The minimum atomic E-state index is -0.0513. The van der Waals surface area contributed by atoms with Crippen LogP contribution in [0, 0.1) is 0 Å². The van der Waals surface area contributed by atoms with Gasteiger partial charge in [0.25, 0.3) is 5.91 Å². The molecule has 0 spiro atoms. The minimum Gasteiger partial charge on any atom is -0.356 e. The molecular formula is C19H28N4O. The molecule has 2 rings (SSSR count). The lowest BCUT2D eigenvalue weighted by Gasteiger charge is -2.15. The molecule has 1 aliphatic rings. The van der Waals surface area contributed by atoms with Gasteiger partial charge in [-0.25, -0.2) is 0 Å². The Labute approximate surface area is 144 Å². The van der Waals surface area contributed by atoms with Crippen LogP contribution in [-0.4, -0.2) is 38.5 Å². The Morgan fingerprint density at radius 1 is 1.04 bits per heavy atom. The lowest BCUT2D eigenvalue weighted by Crippen LogP contribution is -2.41. The van der Waals surface area contributed by atoms with Crippen LogP contribution in [0.2, 0.25) is 0 Å². The number of aliphatic imine (C=N–C) groups is 1. The van der Waals surface area contributed by atoms with E-state index in [4.69, 9.17) is 0 Å². The standard InChI is InChI=1S/C19H28N4O/c1-20-19(22-13-12-16-8-4-2-5-9-16)23-15-14-21-18(24)17-10-6-3-7-11-17/h3,6-8,10-11H,2,4-5,9,12-15H2,1H3,(H,21,24)(H2,20,22,23). The summed E-state index contributed by atoms with van der Waals surface area (Å²) in [7, 11) is 1.76. The van der Waals surface area contributed by atoms with Gasteiger partial charge in [0.05, 0.1) is 0 Å². The average Bonchev–Trinajstić information content (AvgIpc) is 2.65. The highest BCUT2D eigenvalue weighted by molar-refractivity contribution is 5.94. The third kappa shape index (κ3) is 6.44. The maximum absolute atomic E-state index is 11.9. The first-order valence-corrected chi connectivity index (χ1v) is 8.75. The van der Waals surface area contributed by atoms with E-state index in [2.05, 4.69) is 27.0 Å². The smallest absolute Gasteiger partial charge is 0.251 e. The molecule has 5 heteroatoms. The van der Waals surface area contributed by atoms with Crippen LogP contribution in [0.4, 0.5) is 0 Å². The third-order valence-corrected chi connectivity index (χ3v) is 4.09. The van der Waals surface area contributed by atoms with Crippen molar-refractivity contribution < 1.29 is 4.79 Å². The van der Waals surface area contributed by atoms with Crippen molar-refractivity contribution >= 4 is 11.9 Å². The van der Waals surface area contributed by atoms with Crippen LogP contribution in [-0.2, 0) is 0 Å². The molecule has 0 unspecified atom stereocenters. The molecule has 5 nitrogen and oxygen atoms in total. The Bertz CT molecular complexity index is 566. The monoisotopic (exact) mass is 328 g/mol. The summed E-state index contributed by atoms with van der Waals surface area (Å²) < 4.78 is 0. The summed E-state index contributed by atoms with van der Waals surface area (Å²) in [5, 5.41) is 9.43. The molecule has 0 bridgehead atoms. The van der Waals surface area contributed by atoms with Gasteiger partial charge in [0.2, 0.25) is 0 Å². The maximum Gasteiger partial charge on any atom is 0.251 e. The molecule has 0 saturated carbocycles. The molecule has 0 fully saturated rings. The van der Waals surface area contributed by atoms with E-state index in [0.29, 0.717) is 18.7 Å². The van der Waals surface area contributed by atoms with Gasteiger partial charge in [-0.3, -0.25) is 9.79 Å². The first-order valence-electron chi connectivity index (χ1n) is 8.75. The number of guanidine groups is 1. The molecule has 3 N–H and O–H groups in total. The predicted molar refractivity (Wildman–Crippen MR) is 99.3 cm³/mol. The molecule has 1 aromatic rings. The zero-order valence-corrected chi connectivity index (χ0v) is 14.5. The number of carbonyl (C=O) groups is 1. The van der Waals surface area contributed by atoms with Gasteiger partial charge in [-0.2, -0.15) is 0 Å². The molecule has 0 heterocycles. The van der Waals surface area contributed by atoms with E-state index in [1.807, 2.05) is 30.3 Å². The normalized spacial score (nSPS) is 14.7. The SMILES string of the molecule is CN=C(NCCNC(=O)c1ccccc1)NCCC1=CCCCC1. The fourth-order valence-electron chi connectivity index (χ4n) is 2.74. The van der Waals surface area contributed by atoms with Crippen LogP contribution in [0.1, 0.15) is 42.5 Å². The van der Waals surface area contributed by atoms with Gasteiger partial charge >= 0.3 is 0 Å². The Kier molecular flexibility index (Phi) is 7.87. The van der Waals surface area contributed by atoms with Crippen molar-refractivity contribution in [1.29, 1.82) is 0 Å². The molecule has 1 aromatic carbocycles. The van der Waals surface area contributed by atoms with Gasteiger partial charge in [0.1, 0.15) is 0 Å². The number of hydrogen-bond donors (Lipinski definition) is 3. The van der Waals surface area contributed by atoms with E-state index in [1.165, 1.54) is 25.7 Å². The molecule has 1 aliphatic carbocycles. The van der Waals surface area contributed by atoms with Gasteiger partial charge < -0.3 is 16.0 Å². The van der Waals surface area contributed by atoms with Crippen molar-refractivity contribution in [2.24, 2.45) is 4.99 Å². The molecule has 24 heavy (non-hydrogen) atoms.